The van der Waals surface area contributed by atoms with E-state index in [9.17, 15) is 14.7 Å². The predicted octanol–water partition coefficient (Wildman–Crippen LogP) is 0.0178. The molecule has 0 fully saturated rings. The van der Waals surface area contributed by atoms with Gasteiger partial charge in [0.1, 0.15) is 6.23 Å². The molecule has 0 aromatic carbocycles. The van der Waals surface area contributed by atoms with Gasteiger partial charge in [-0.3, -0.25) is 9.59 Å². The Morgan fingerprint density at radius 1 is 1.11 bits per heavy atom. The molecule has 0 aliphatic rings. The van der Waals surface area contributed by atoms with Crippen molar-refractivity contribution in [1.82, 2.24) is 5.32 Å². The first-order chi connectivity index (χ1) is 8.41. The first-order valence-electron chi connectivity index (χ1n) is 6.35. The Morgan fingerprint density at radius 3 is 2.28 bits per heavy atom. The summed E-state index contributed by atoms with van der Waals surface area (Å²) in [5, 5.41) is 21.0. The summed E-state index contributed by atoms with van der Waals surface area (Å²) in [7, 11) is 0. The molecule has 6 nitrogen and oxygen atoms in total. The highest BCUT2D eigenvalue weighted by Crippen LogP contribution is 2.04. The number of nitrogens with one attached hydrogen (secondary N) is 1. The number of carbonyl (C=O) groups is 2. The van der Waals surface area contributed by atoms with Gasteiger partial charge in [0.15, 0.2) is 0 Å². The Bertz CT molecular complexity index is 256. The molecular weight excluding hydrogens is 236 g/mol. The molecule has 0 radical (unpaired) electrons. The van der Waals surface area contributed by atoms with Gasteiger partial charge in [-0.25, -0.2) is 0 Å². The van der Waals surface area contributed by atoms with E-state index in [0.717, 1.165) is 0 Å². The van der Waals surface area contributed by atoms with Crippen molar-refractivity contribution >= 4 is 11.8 Å². The van der Waals surface area contributed by atoms with Crippen molar-refractivity contribution in [3.05, 3.63) is 0 Å². The molecule has 2 amide bonds. The van der Waals surface area contributed by atoms with E-state index in [1.54, 1.807) is 6.92 Å². The summed E-state index contributed by atoms with van der Waals surface area (Å²) < 4.78 is 0. The molecule has 0 bridgehead atoms. The van der Waals surface area contributed by atoms with Crippen LogP contribution in [0.15, 0.2) is 0 Å². The highest BCUT2D eigenvalue weighted by Gasteiger charge is 2.09. The summed E-state index contributed by atoms with van der Waals surface area (Å²) >= 11 is 0. The Kier molecular flexibility index (Phi) is 9.22. The van der Waals surface area contributed by atoms with Crippen molar-refractivity contribution in [3.63, 3.8) is 0 Å². The van der Waals surface area contributed by atoms with E-state index in [4.69, 9.17) is 10.8 Å². The Morgan fingerprint density at radius 2 is 1.72 bits per heavy atom. The molecular formula is C12H24N2O4. The summed E-state index contributed by atoms with van der Waals surface area (Å²) in [6.07, 6.45) is 2.15. The smallest absolute Gasteiger partial charge is 0.221 e. The van der Waals surface area contributed by atoms with Crippen molar-refractivity contribution in [2.24, 2.45) is 5.73 Å². The van der Waals surface area contributed by atoms with Gasteiger partial charge in [-0.2, -0.15) is 0 Å². The van der Waals surface area contributed by atoms with E-state index < -0.39 is 6.23 Å². The fraction of sp³-hybridized carbons (Fsp3) is 0.833. The predicted molar refractivity (Wildman–Crippen MR) is 67.3 cm³/mol. The molecule has 2 atom stereocenters. The summed E-state index contributed by atoms with van der Waals surface area (Å²) in [5.74, 6) is -0.599. The van der Waals surface area contributed by atoms with Gasteiger partial charge < -0.3 is 21.3 Å². The number of rotatable bonds is 10. The summed E-state index contributed by atoms with van der Waals surface area (Å²) in [4.78, 5) is 21.8. The molecule has 106 valence electrons. The van der Waals surface area contributed by atoms with E-state index >= 15 is 0 Å². The van der Waals surface area contributed by atoms with Gasteiger partial charge in [0.25, 0.3) is 0 Å². The van der Waals surface area contributed by atoms with Crippen molar-refractivity contribution in [2.75, 3.05) is 0 Å². The molecule has 18 heavy (non-hydrogen) atoms. The summed E-state index contributed by atoms with van der Waals surface area (Å²) in [6.45, 7) is 1.68. The Balaban J connectivity index is 3.52. The van der Waals surface area contributed by atoms with Gasteiger partial charge in [-0.15, -0.1) is 0 Å². The van der Waals surface area contributed by atoms with Crippen LogP contribution in [0.25, 0.3) is 0 Å². The SMILES string of the molecule is CC(O)CCCC(O)NC(=O)CCCCC(N)=O. The minimum absolute atomic E-state index is 0.232. The van der Waals surface area contributed by atoms with Gasteiger partial charge in [0.2, 0.25) is 11.8 Å². The van der Waals surface area contributed by atoms with Crippen molar-refractivity contribution in [1.29, 1.82) is 0 Å². The number of nitrogens with two attached hydrogens (primary N) is 1. The molecule has 0 aliphatic heterocycles. The molecule has 2 unspecified atom stereocenters. The molecule has 0 saturated heterocycles. The number of hydrogen-bond acceptors (Lipinski definition) is 4. The van der Waals surface area contributed by atoms with Crippen LogP contribution in [0.1, 0.15) is 51.9 Å². The second kappa shape index (κ2) is 9.85. The first kappa shape index (κ1) is 16.9. The minimum atomic E-state index is -0.868. The second-order valence-corrected chi connectivity index (χ2v) is 4.54. The van der Waals surface area contributed by atoms with Crippen LogP contribution in [-0.4, -0.2) is 34.4 Å². The lowest BCUT2D eigenvalue weighted by atomic mass is 10.1. The van der Waals surface area contributed by atoms with Gasteiger partial charge in [0, 0.05) is 12.8 Å². The van der Waals surface area contributed by atoms with Crippen LogP contribution in [0.4, 0.5) is 0 Å². The number of aliphatic hydroxyl groups excluding tert-OH is 2. The van der Waals surface area contributed by atoms with Gasteiger partial charge in [-0.05, 0) is 39.0 Å². The summed E-state index contributed by atoms with van der Waals surface area (Å²) in [6, 6.07) is 0. The van der Waals surface area contributed by atoms with Crippen LogP contribution in [-0.2, 0) is 9.59 Å². The number of carbonyl (C=O) groups excluding carboxylic acids is 2. The van der Waals surface area contributed by atoms with E-state index in [1.165, 1.54) is 0 Å². The third-order valence-corrected chi connectivity index (χ3v) is 2.50. The lowest BCUT2D eigenvalue weighted by Crippen LogP contribution is -2.34. The molecule has 0 aromatic rings. The van der Waals surface area contributed by atoms with Gasteiger partial charge in [-0.1, -0.05) is 0 Å². The maximum Gasteiger partial charge on any atom is 0.221 e. The lowest BCUT2D eigenvalue weighted by Gasteiger charge is -2.13. The fourth-order valence-electron chi connectivity index (χ4n) is 1.52. The zero-order valence-corrected chi connectivity index (χ0v) is 10.9. The third kappa shape index (κ3) is 11.3. The number of hydrogen-bond donors (Lipinski definition) is 4. The highest BCUT2D eigenvalue weighted by atomic mass is 16.3. The third-order valence-electron chi connectivity index (χ3n) is 2.50. The quantitative estimate of drug-likeness (QED) is 0.327. The Labute approximate surface area is 108 Å². The number of amides is 2. The molecule has 0 rings (SSSR count). The topological polar surface area (TPSA) is 113 Å². The van der Waals surface area contributed by atoms with Gasteiger partial charge in [0.05, 0.1) is 6.10 Å². The van der Waals surface area contributed by atoms with Crippen LogP contribution in [0.2, 0.25) is 0 Å². The van der Waals surface area contributed by atoms with Crippen molar-refractivity contribution in [2.45, 2.75) is 64.2 Å². The number of aliphatic hydroxyl groups is 2. The van der Waals surface area contributed by atoms with Crippen LogP contribution >= 0.6 is 0 Å². The second-order valence-electron chi connectivity index (χ2n) is 4.54. The van der Waals surface area contributed by atoms with Crippen LogP contribution in [0.3, 0.4) is 0 Å². The maximum absolute atomic E-state index is 11.4. The van der Waals surface area contributed by atoms with E-state index in [1.807, 2.05) is 0 Å². The molecule has 0 aromatic heterocycles. The highest BCUT2D eigenvalue weighted by molar-refractivity contribution is 5.76. The molecule has 5 N–H and O–H groups in total. The molecule has 0 aliphatic carbocycles. The first-order valence-corrected chi connectivity index (χ1v) is 6.35. The fourth-order valence-corrected chi connectivity index (χ4v) is 1.52. The average Bonchev–Trinajstić information content (AvgIpc) is 2.23. The van der Waals surface area contributed by atoms with Crippen molar-refractivity contribution in [3.8, 4) is 0 Å². The normalized spacial score (nSPS) is 13.9. The zero-order chi connectivity index (χ0) is 14.0. The maximum atomic E-state index is 11.4. The molecule has 0 spiro atoms. The molecule has 6 heteroatoms. The molecule has 0 saturated carbocycles. The number of unbranched alkanes of at least 4 members (excludes halogenated alkanes) is 1. The minimum Gasteiger partial charge on any atom is -0.393 e. The monoisotopic (exact) mass is 260 g/mol. The van der Waals surface area contributed by atoms with Crippen LogP contribution < -0.4 is 11.1 Å². The Hall–Kier alpha value is -1.14. The largest absolute Gasteiger partial charge is 0.393 e. The lowest BCUT2D eigenvalue weighted by molar-refractivity contribution is -0.124. The van der Waals surface area contributed by atoms with Crippen molar-refractivity contribution < 1.29 is 19.8 Å². The standard InChI is InChI=1S/C12H24N2O4/c1-9(15)5-4-8-12(18)14-11(17)7-3-2-6-10(13)16/h9,12,15,18H,2-8H2,1H3,(H2,13,16)(H,14,17). The summed E-state index contributed by atoms with van der Waals surface area (Å²) in [5.41, 5.74) is 4.97. The van der Waals surface area contributed by atoms with E-state index in [-0.39, 0.29) is 30.8 Å². The van der Waals surface area contributed by atoms with E-state index in [2.05, 4.69) is 5.32 Å². The molecule has 0 heterocycles. The number of primary amides is 1. The zero-order valence-electron chi connectivity index (χ0n) is 10.9. The van der Waals surface area contributed by atoms with Gasteiger partial charge >= 0.3 is 0 Å². The van der Waals surface area contributed by atoms with Crippen LogP contribution in [0.5, 0.6) is 0 Å². The van der Waals surface area contributed by atoms with Crippen LogP contribution in [0, 0.1) is 0 Å². The van der Waals surface area contributed by atoms with E-state index in [0.29, 0.717) is 32.1 Å². The average molecular weight is 260 g/mol.